The van der Waals surface area contributed by atoms with Gasteiger partial charge in [0.05, 0.1) is 18.8 Å². The Morgan fingerprint density at radius 1 is 1.13 bits per heavy atom. The molecule has 0 fully saturated rings. The van der Waals surface area contributed by atoms with Crippen molar-refractivity contribution in [3.05, 3.63) is 88.5 Å². The largest absolute Gasteiger partial charge is 0.508 e. The number of furan rings is 1. The van der Waals surface area contributed by atoms with Crippen molar-refractivity contribution in [2.24, 2.45) is 0 Å². The molecule has 4 aromatic rings. The molecule has 7 nitrogen and oxygen atoms in total. The van der Waals surface area contributed by atoms with E-state index in [1.807, 2.05) is 6.07 Å². The molecule has 0 aliphatic carbocycles. The molecule has 2 aromatic heterocycles. The van der Waals surface area contributed by atoms with E-state index in [4.69, 9.17) is 16.0 Å². The van der Waals surface area contributed by atoms with Gasteiger partial charge in [-0.1, -0.05) is 23.7 Å². The van der Waals surface area contributed by atoms with Crippen molar-refractivity contribution in [2.45, 2.75) is 12.6 Å². The standard InChI is InChI=1S/C22H16ClN3O4/c23-13-6-7-17(28)16(10-13)19-18-20(25-24-19)22(29)26(11-15-5-2-8-30-15)21(18)12-3-1-4-14(27)9-12/h1-10,21,27-28H,11H2,(H,24,25). The molecule has 0 radical (unpaired) electrons. The maximum atomic E-state index is 13.3. The van der Waals surface area contributed by atoms with Crippen molar-refractivity contribution >= 4 is 17.5 Å². The van der Waals surface area contributed by atoms with E-state index in [0.717, 1.165) is 0 Å². The molecule has 0 saturated heterocycles. The third kappa shape index (κ3) is 2.91. The van der Waals surface area contributed by atoms with Crippen molar-refractivity contribution in [3.8, 4) is 22.8 Å². The normalized spacial score (nSPS) is 15.6. The molecule has 3 N–H and O–H groups in total. The fraction of sp³-hybridized carbons (Fsp3) is 0.0909. The zero-order valence-electron chi connectivity index (χ0n) is 15.5. The van der Waals surface area contributed by atoms with Gasteiger partial charge in [0.15, 0.2) is 0 Å². The first-order valence-electron chi connectivity index (χ1n) is 9.22. The highest BCUT2D eigenvalue weighted by Gasteiger charge is 2.43. The lowest BCUT2D eigenvalue weighted by Crippen LogP contribution is -2.28. The van der Waals surface area contributed by atoms with Gasteiger partial charge in [-0.05, 0) is 48.0 Å². The van der Waals surface area contributed by atoms with Crippen LogP contribution in [0.15, 0.2) is 65.3 Å². The van der Waals surface area contributed by atoms with E-state index < -0.39 is 6.04 Å². The molecule has 1 aliphatic heterocycles. The summed E-state index contributed by atoms with van der Waals surface area (Å²) in [5, 5.41) is 28.0. The number of nitrogens with zero attached hydrogens (tertiary/aromatic N) is 2. The first-order valence-corrected chi connectivity index (χ1v) is 9.60. The smallest absolute Gasteiger partial charge is 0.273 e. The fourth-order valence-corrected chi connectivity index (χ4v) is 4.05. The number of carbonyl (C=O) groups is 1. The van der Waals surface area contributed by atoms with Crippen LogP contribution in [0.1, 0.15) is 33.4 Å². The van der Waals surface area contributed by atoms with Gasteiger partial charge in [0.2, 0.25) is 0 Å². The van der Waals surface area contributed by atoms with E-state index in [2.05, 4.69) is 10.2 Å². The number of halogens is 1. The van der Waals surface area contributed by atoms with Crippen LogP contribution in [0.4, 0.5) is 0 Å². The van der Waals surface area contributed by atoms with Crippen LogP contribution in [0.2, 0.25) is 5.02 Å². The van der Waals surface area contributed by atoms with Gasteiger partial charge in [0, 0.05) is 16.1 Å². The number of hydrogen-bond acceptors (Lipinski definition) is 5. The third-order valence-electron chi connectivity index (χ3n) is 5.17. The number of nitrogens with one attached hydrogen (secondary N) is 1. The molecule has 1 amide bonds. The molecule has 1 atom stereocenters. The summed E-state index contributed by atoms with van der Waals surface area (Å²) in [5.41, 5.74) is 2.48. The van der Waals surface area contributed by atoms with E-state index >= 15 is 0 Å². The van der Waals surface area contributed by atoms with E-state index in [1.54, 1.807) is 53.6 Å². The van der Waals surface area contributed by atoms with Crippen molar-refractivity contribution in [3.63, 3.8) is 0 Å². The number of hydrogen-bond donors (Lipinski definition) is 3. The number of rotatable bonds is 4. The number of fused-ring (bicyclic) bond motifs is 1. The van der Waals surface area contributed by atoms with Crippen LogP contribution in [-0.2, 0) is 6.54 Å². The number of aromatic amines is 1. The lowest BCUT2D eigenvalue weighted by Gasteiger charge is -2.25. The lowest BCUT2D eigenvalue weighted by molar-refractivity contribution is 0.0716. The number of aromatic hydroxyl groups is 2. The second kappa shape index (κ2) is 6.96. The predicted octanol–water partition coefficient (Wildman–Crippen LogP) is 4.48. The summed E-state index contributed by atoms with van der Waals surface area (Å²) in [6.07, 6.45) is 1.55. The Balaban J connectivity index is 1.70. The number of phenols is 2. The maximum Gasteiger partial charge on any atom is 0.273 e. The molecule has 8 heteroatoms. The maximum absolute atomic E-state index is 13.3. The molecule has 5 rings (SSSR count). The molecule has 0 bridgehead atoms. The molecule has 0 spiro atoms. The van der Waals surface area contributed by atoms with Crippen molar-refractivity contribution in [2.75, 3.05) is 0 Å². The molecule has 0 saturated carbocycles. The molecule has 30 heavy (non-hydrogen) atoms. The second-order valence-electron chi connectivity index (χ2n) is 7.03. The van der Waals surface area contributed by atoms with Gasteiger partial charge in [-0.3, -0.25) is 9.89 Å². The molecule has 2 aromatic carbocycles. The third-order valence-corrected chi connectivity index (χ3v) is 5.40. The minimum absolute atomic E-state index is 0.000271. The van der Waals surface area contributed by atoms with Crippen LogP contribution in [0.3, 0.4) is 0 Å². The van der Waals surface area contributed by atoms with E-state index in [-0.39, 0.29) is 24.0 Å². The molecule has 150 valence electrons. The molecular formula is C22H16ClN3O4. The Bertz CT molecular complexity index is 1250. The van der Waals surface area contributed by atoms with E-state index in [9.17, 15) is 15.0 Å². The average molecular weight is 422 g/mol. The molecule has 1 aliphatic rings. The number of H-pyrrole nitrogens is 1. The fourth-order valence-electron chi connectivity index (χ4n) is 3.87. The Hall–Kier alpha value is -3.71. The molecular weight excluding hydrogens is 406 g/mol. The minimum Gasteiger partial charge on any atom is -0.508 e. The summed E-state index contributed by atoms with van der Waals surface area (Å²) in [6.45, 7) is 0.232. The summed E-state index contributed by atoms with van der Waals surface area (Å²) >= 11 is 6.14. The molecule has 3 heterocycles. The molecule has 1 unspecified atom stereocenters. The predicted molar refractivity (Wildman–Crippen MR) is 109 cm³/mol. The summed E-state index contributed by atoms with van der Waals surface area (Å²) < 4.78 is 5.45. The van der Waals surface area contributed by atoms with E-state index in [1.165, 1.54) is 6.07 Å². The van der Waals surface area contributed by atoms with Crippen molar-refractivity contribution in [1.29, 1.82) is 0 Å². The van der Waals surface area contributed by atoms with Crippen LogP contribution < -0.4 is 0 Å². The quantitative estimate of drug-likeness (QED) is 0.451. The number of aromatic nitrogens is 2. The van der Waals surface area contributed by atoms with Gasteiger partial charge in [0.25, 0.3) is 5.91 Å². The van der Waals surface area contributed by atoms with Gasteiger partial charge in [-0.2, -0.15) is 5.10 Å². The summed E-state index contributed by atoms with van der Waals surface area (Å²) in [4.78, 5) is 14.9. The van der Waals surface area contributed by atoms with Crippen molar-refractivity contribution < 1.29 is 19.4 Å². The Morgan fingerprint density at radius 2 is 2.00 bits per heavy atom. The SMILES string of the molecule is O=C1c2[nH]nc(-c3cc(Cl)ccc3O)c2C(c2cccc(O)c2)N1Cc1ccco1. The van der Waals surface area contributed by atoms with Gasteiger partial charge in [-0.25, -0.2) is 0 Å². The number of amides is 1. The summed E-state index contributed by atoms with van der Waals surface area (Å²) in [5.74, 6) is 0.455. The van der Waals surface area contributed by atoms with Crippen LogP contribution >= 0.6 is 11.6 Å². The Labute approximate surface area is 176 Å². The summed E-state index contributed by atoms with van der Waals surface area (Å²) in [6, 6.07) is 14.4. The van der Waals surface area contributed by atoms with Crippen LogP contribution in [0.5, 0.6) is 11.5 Å². The first kappa shape index (κ1) is 18.3. The number of carbonyl (C=O) groups excluding carboxylic acids is 1. The van der Waals surface area contributed by atoms with Gasteiger partial charge < -0.3 is 19.5 Å². The zero-order valence-corrected chi connectivity index (χ0v) is 16.3. The topological polar surface area (TPSA) is 103 Å². The number of phenolic OH excluding ortho intramolecular Hbond substituents is 2. The lowest BCUT2D eigenvalue weighted by atomic mass is 9.95. The van der Waals surface area contributed by atoms with Crippen molar-refractivity contribution in [1.82, 2.24) is 15.1 Å². The Kier molecular flexibility index (Phi) is 4.25. The highest BCUT2D eigenvalue weighted by Crippen LogP contribution is 2.45. The Morgan fingerprint density at radius 3 is 2.77 bits per heavy atom. The first-order chi connectivity index (χ1) is 14.5. The number of benzene rings is 2. The highest BCUT2D eigenvalue weighted by atomic mass is 35.5. The summed E-state index contributed by atoms with van der Waals surface area (Å²) in [7, 11) is 0. The minimum atomic E-state index is -0.545. The monoisotopic (exact) mass is 421 g/mol. The van der Waals surface area contributed by atoms with Crippen LogP contribution in [-0.4, -0.2) is 31.2 Å². The zero-order chi connectivity index (χ0) is 20.8. The average Bonchev–Trinajstić information content (AvgIpc) is 3.44. The van der Waals surface area contributed by atoms with Crippen LogP contribution in [0.25, 0.3) is 11.3 Å². The van der Waals surface area contributed by atoms with Gasteiger partial charge in [-0.15, -0.1) is 0 Å². The highest BCUT2D eigenvalue weighted by molar-refractivity contribution is 6.31. The second-order valence-corrected chi connectivity index (χ2v) is 7.47. The van der Waals surface area contributed by atoms with Gasteiger partial charge in [0.1, 0.15) is 28.6 Å². The van der Waals surface area contributed by atoms with E-state index in [0.29, 0.717) is 38.9 Å². The van der Waals surface area contributed by atoms with Gasteiger partial charge >= 0.3 is 0 Å². The van der Waals surface area contributed by atoms with Crippen LogP contribution in [0, 0.1) is 0 Å².